The van der Waals surface area contributed by atoms with Crippen LogP contribution in [-0.4, -0.2) is 41.5 Å². The second-order valence-corrected chi connectivity index (χ2v) is 10.4. The highest BCUT2D eigenvalue weighted by Crippen LogP contribution is 2.31. The van der Waals surface area contributed by atoms with E-state index in [-0.39, 0.29) is 17.9 Å². The van der Waals surface area contributed by atoms with Crippen LogP contribution in [0.15, 0.2) is 47.6 Å². The Morgan fingerprint density at radius 2 is 2.00 bits per heavy atom. The van der Waals surface area contributed by atoms with E-state index in [0.717, 1.165) is 58.9 Å². The van der Waals surface area contributed by atoms with Gasteiger partial charge in [-0.1, -0.05) is 6.08 Å². The zero-order chi connectivity index (χ0) is 22.3. The number of sulfonamides is 1. The zero-order valence-corrected chi connectivity index (χ0v) is 18.7. The van der Waals surface area contributed by atoms with Gasteiger partial charge in [-0.15, -0.1) is 0 Å². The number of aromatic nitrogens is 3. The molecule has 2 aromatic heterocycles. The third-order valence-corrected chi connectivity index (χ3v) is 7.14. The molecule has 0 spiro atoms. The highest BCUT2D eigenvalue weighted by Gasteiger charge is 2.26. The lowest BCUT2D eigenvalue weighted by molar-refractivity contribution is 0.307. The van der Waals surface area contributed by atoms with Gasteiger partial charge < -0.3 is 9.55 Å². The summed E-state index contributed by atoms with van der Waals surface area (Å²) in [7, 11) is -3.21. The SMILES string of the molecule is CS(=O)(=O)NC1CCC(n2cnc(=C3C=CC(F)=CC3)c2=C2CC=Nc3[nH]ccc32)CC1. The first-order valence-corrected chi connectivity index (χ1v) is 12.8. The molecule has 0 amide bonds. The number of nitrogens with one attached hydrogen (secondary N) is 2. The van der Waals surface area contributed by atoms with Crippen LogP contribution in [0.25, 0.3) is 11.1 Å². The third-order valence-electron chi connectivity index (χ3n) is 6.38. The van der Waals surface area contributed by atoms with Crippen LogP contribution >= 0.6 is 0 Å². The molecule has 9 heteroatoms. The standard InChI is InChI=1S/C23H26FN5O2S/c1-32(30,31)28-17-6-8-18(9-7-17)29-14-27-21(15-2-4-16(24)5-3-15)22(29)19-10-12-25-23-20(19)11-13-26-23/h2,4-5,11-14,17-18,26,28H,3,6-10H2,1H3. The van der Waals surface area contributed by atoms with Gasteiger partial charge in [0.25, 0.3) is 0 Å². The van der Waals surface area contributed by atoms with Crippen LogP contribution in [0.2, 0.25) is 0 Å². The van der Waals surface area contributed by atoms with E-state index in [1.165, 1.54) is 12.3 Å². The number of fused-ring (bicyclic) bond motifs is 1. The first-order chi connectivity index (χ1) is 15.4. The normalized spacial score (nSPS) is 26.8. The Morgan fingerprint density at radius 1 is 1.19 bits per heavy atom. The molecule has 2 aliphatic carbocycles. The lowest BCUT2D eigenvalue weighted by atomic mass is 9.91. The summed E-state index contributed by atoms with van der Waals surface area (Å²) >= 11 is 0. The second-order valence-electron chi connectivity index (χ2n) is 8.63. The van der Waals surface area contributed by atoms with Gasteiger partial charge in [-0.25, -0.2) is 27.5 Å². The Hall–Kier alpha value is -2.78. The molecule has 1 aliphatic heterocycles. The maximum absolute atomic E-state index is 13.6. The molecule has 3 aliphatic rings. The number of hydrogen-bond acceptors (Lipinski definition) is 4. The minimum absolute atomic E-state index is 0.0257. The summed E-state index contributed by atoms with van der Waals surface area (Å²) in [6.45, 7) is 0. The quantitative estimate of drug-likeness (QED) is 0.745. The molecule has 7 nitrogen and oxygen atoms in total. The van der Waals surface area contributed by atoms with Gasteiger partial charge in [-0.2, -0.15) is 0 Å². The van der Waals surface area contributed by atoms with E-state index in [1.807, 2.05) is 30.9 Å². The largest absolute Gasteiger partial charge is 0.346 e. The highest BCUT2D eigenvalue weighted by molar-refractivity contribution is 7.88. The van der Waals surface area contributed by atoms with Crippen LogP contribution < -0.4 is 15.4 Å². The van der Waals surface area contributed by atoms with Gasteiger partial charge in [0.1, 0.15) is 11.6 Å². The Balaban J connectivity index is 1.61. The maximum Gasteiger partial charge on any atom is 0.208 e. The summed E-state index contributed by atoms with van der Waals surface area (Å²) in [5.74, 6) is 0.609. The minimum atomic E-state index is -3.21. The van der Waals surface area contributed by atoms with E-state index in [1.54, 1.807) is 6.08 Å². The highest BCUT2D eigenvalue weighted by atomic mass is 32.2. The molecule has 0 atom stereocenters. The van der Waals surface area contributed by atoms with Crippen molar-refractivity contribution in [3.05, 3.63) is 58.9 Å². The number of H-pyrrole nitrogens is 1. The fourth-order valence-electron chi connectivity index (χ4n) is 4.92. The van der Waals surface area contributed by atoms with Crippen molar-refractivity contribution < 1.29 is 12.8 Å². The number of aliphatic imine (C=N–C) groups is 1. The average molecular weight is 456 g/mol. The van der Waals surface area contributed by atoms with E-state index in [2.05, 4.69) is 19.3 Å². The first kappa shape index (κ1) is 21.1. The lowest BCUT2D eigenvalue weighted by Gasteiger charge is -2.30. The van der Waals surface area contributed by atoms with Crippen LogP contribution in [0.1, 0.15) is 50.1 Å². The van der Waals surface area contributed by atoms with Crippen LogP contribution in [0, 0.1) is 0 Å². The molecule has 32 heavy (non-hydrogen) atoms. The zero-order valence-electron chi connectivity index (χ0n) is 17.9. The molecule has 0 unspecified atom stereocenters. The Kier molecular flexibility index (Phi) is 5.46. The van der Waals surface area contributed by atoms with Gasteiger partial charge in [0.2, 0.25) is 10.0 Å². The van der Waals surface area contributed by atoms with Crippen molar-refractivity contribution >= 4 is 33.2 Å². The number of aromatic amines is 1. The summed E-state index contributed by atoms with van der Waals surface area (Å²) in [5, 5.41) is 1.92. The molecule has 0 bridgehead atoms. The predicted octanol–water partition coefficient (Wildman–Crippen LogP) is 2.51. The smallest absolute Gasteiger partial charge is 0.208 e. The predicted molar refractivity (Wildman–Crippen MR) is 123 cm³/mol. The van der Waals surface area contributed by atoms with E-state index in [0.29, 0.717) is 12.8 Å². The molecular formula is C23H26FN5O2S. The van der Waals surface area contributed by atoms with Crippen LogP contribution in [0.5, 0.6) is 0 Å². The van der Waals surface area contributed by atoms with Crippen molar-refractivity contribution in [1.29, 1.82) is 0 Å². The monoisotopic (exact) mass is 455 g/mol. The fourth-order valence-corrected chi connectivity index (χ4v) is 5.76. The molecular weight excluding hydrogens is 429 g/mol. The molecule has 2 aromatic rings. The second kappa shape index (κ2) is 8.29. The first-order valence-electron chi connectivity index (χ1n) is 10.9. The number of allylic oxidation sites excluding steroid dienone is 4. The van der Waals surface area contributed by atoms with Crippen molar-refractivity contribution in [3.8, 4) is 0 Å². The van der Waals surface area contributed by atoms with Gasteiger partial charge in [0.05, 0.1) is 23.3 Å². The van der Waals surface area contributed by atoms with E-state index in [4.69, 9.17) is 4.98 Å². The lowest BCUT2D eigenvalue weighted by Crippen LogP contribution is -2.41. The Bertz CT molecular complexity index is 1360. The van der Waals surface area contributed by atoms with Crippen molar-refractivity contribution in [2.24, 2.45) is 4.99 Å². The number of imidazole rings is 1. The van der Waals surface area contributed by atoms with Gasteiger partial charge in [-0.3, -0.25) is 0 Å². The number of nitrogens with zero attached hydrogens (tertiary/aromatic N) is 3. The van der Waals surface area contributed by atoms with E-state index < -0.39 is 10.0 Å². The van der Waals surface area contributed by atoms with Crippen molar-refractivity contribution in [3.63, 3.8) is 0 Å². The fraction of sp³-hybridized carbons (Fsp3) is 0.391. The van der Waals surface area contributed by atoms with Gasteiger partial charge in [0.15, 0.2) is 0 Å². The van der Waals surface area contributed by atoms with Crippen LogP contribution in [-0.2, 0) is 10.0 Å². The molecule has 3 heterocycles. The molecule has 1 saturated carbocycles. The molecule has 1 fully saturated rings. The van der Waals surface area contributed by atoms with E-state index >= 15 is 0 Å². The summed E-state index contributed by atoms with van der Waals surface area (Å²) in [6.07, 6.45) is 16.2. The molecule has 0 radical (unpaired) electrons. The Morgan fingerprint density at radius 3 is 2.72 bits per heavy atom. The number of halogens is 1. The minimum Gasteiger partial charge on any atom is -0.346 e. The summed E-state index contributed by atoms with van der Waals surface area (Å²) in [5.41, 5.74) is 3.20. The molecule has 2 N–H and O–H groups in total. The Labute approximate surface area is 186 Å². The summed E-state index contributed by atoms with van der Waals surface area (Å²) in [4.78, 5) is 12.4. The third kappa shape index (κ3) is 4.14. The molecule has 5 rings (SSSR count). The average Bonchev–Trinajstić information content (AvgIpc) is 3.41. The molecule has 168 valence electrons. The van der Waals surface area contributed by atoms with Gasteiger partial charge in [-0.05, 0) is 61.5 Å². The molecule has 0 aromatic carbocycles. The van der Waals surface area contributed by atoms with Crippen LogP contribution in [0.3, 0.4) is 0 Å². The van der Waals surface area contributed by atoms with Gasteiger partial charge >= 0.3 is 0 Å². The summed E-state index contributed by atoms with van der Waals surface area (Å²) in [6, 6.07) is 2.23. The van der Waals surface area contributed by atoms with Crippen LogP contribution in [0.4, 0.5) is 10.2 Å². The van der Waals surface area contributed by atoms with E-state index in [9.17, 15) is 12.8 Å². The topological polar surface area (TPSA) is 92.1 Å². The number of rotatable bonds is 3. The number of hydrogen-bond donors (Lipinski definition) is 2. The van der Waals surface area contributed by atoms with Crippen molar-refractivity contribution in [2.75, 3.05) is 6.26 Å². The van der Waals surface area contributed by atoms with Crippen molar-refractivity contribution in [2.45, 2.75) is 50.6 Å². The maximum atomic E-state index is 13.6. The summed E-state index contributed by atoms with van der Waals surface area (Å²) < 4.78 is 41.8. The van der Waals surface area contributed by atoms with Crippen molar-refractivity contribution in [1.82, 2.24) is 19.3 Å². The molecule has 0 saturated heterocycles. The van der Waals surface area contributed by atoms with Gasteiger partial charge in [0, 0.05) is 36.5 Å².